The number of hydrogen-bond acceptors (Lipinski definition) is 3. The van der Waals surface area contributed by atoms with Crippen LogP contribution in [0, 0.1) is 0 Å². The van der Waals surface area contributed by atoms with E-state index in [1.807, 2.05) is 6.92 Å². The van der Waals surface area contributed by atoms with E-state index in [2.05, 4.69) is 5.32 Å². The van der Waals surface area contributed by atoms with Gasteiger partial charge in [0.05, 0.1) is 13.2 Å². The monoisotopic (exact) mass is 130 g/mol. The van der Waals surface area contributed by atoms with Gasteiger partial charge in [0.1, 0.15) is 0 Å². The molecule has 0 saturated carbocycles. The molecule has 0 amide bonds. The minimum atomic E-state index is -0.170. The fraction of sp³-hybridized carbons (Fsp3) is 1.00. The Labute approximate surface area is 55.6 Å². The number of nitrogens with two attached hydrogens (primary N) is 1. The van der Waals surface area contributed by atoms with E-state index >= 15 is 0 Å². The second-order valence-corrected chi connectivity index (χ2v) is 2.88. The van der Waals surface area contributed by atoms with Crippen LogP contribution in [0.3, 0.4) is 0 Å². The molecule has 3 heteroatoms. The molecule has 9 heavy (non-hydrogen) atoms. The second-order valence-electron chi connectivity index (χ2n) is 2.88. The maximum Gasteiger partial charge on any atom is 0.0656 e. The van der Waals surface area contributed by atoms with Gasteiger partial charge in [-0.3, -0.25) is 0 Å². The van der Waals surface area contributed by atoms with Gasteiger partial charge in [-0.15, -0.1) is 0 Å². The van der Waals surface area contributed by atoms with Gasteiger partial charge in [-0.1, -0.05) is 0 Å². The summed E-state index contributed by atoms with van der Waals surface area (Å²) in [7, 11) is 0. The van der Waals surface area contributed by atoms with Crippen molar-refractivity contribution in [1.82, 2.24) is 5.32 Å². The lowest BCUT2D eigenvalue weighted by Gasteiger charge is -2.20. The van der Waals surface area contributed by atoms with Gasteiger partial charge in [0, 0.05) is 18.6 Å². The van der Waals surface area contributed by atoms with Crippen molar-refractivity contribution in [3.8, 4) is 0 Å². The Hall–Kier alpha value is -0.120. The van der Waals surface area contributed by atoms with Crippen LogP contribution in [0.5, 0.6) is 0 Å². The zero-order chi connectivity index (χ0) is 6.74. The minimum absolute atomic E-state index is 0.170. The lowest BCUT2D eigenvalue weighted by molar-refractivity contribution is 0.116. The topological polar surface area (TPSA) is 47.3 Å². The molecule has 1 atom stereocenters. The summed E-state index contributed by atoms with van der Waals surface area (Å²) in [5.41, 5.74) is 5.62. The van der Waals surface area contributed by atoms with Gasteiger partial charge < -0.3 is 15.8 Å². The van der Waals surface area contributed by atoms with Crippen LogP contribution in [-0.4, -0.2) is 31.8 Å². The summed E-state index contributed by atoms with van der Waals surface area (Å²) in [6.07, 6.45) is 0. The van der Waals surface area contributed by atoms with E-state index in [1.54, 1.807) is 0 Å². The standard InChI is InChI=1S/C6H14N2O/c1-6(7)4-8-2-3-9-5-6/h8H,2-5,7H2,1H3. The molecule has 1 heterocycles. The average molecular weight is 130 g/mol. The maximum absolute atomic E-state index is 5.79. The zero-order valence-electron chi connectivity index (χ0n) is 5.81. The lowest BCUT2D eigenvalue weighted by Crippen LogP contribution is -2.47. The highest BCUT2D eigenvalue weighted by molar-refractivity contribution is 4.82. The molecule has 0 bridgehead atoms. The third kappa shape index (κ3) is 2.30. The van der Waals surface area contributed by atoms with Gasteiger partial charge >= 0.3 is 0 Å². The third-order valence-electron chi connectivity index (χ3n) is 1.38. The van der Waals surface area contributed by atoms with Crippen molar-refractivity contribution in [2.75, 3.05) is 26.3 Å². The maximum atomic E-state index is 5.79. The first-order valence-electron chi connectivity index (χ1n) is 3.28. The van der Waals surface area contributed by atoms with Gasteiger partial charge in [-0.2, -0.15) is 0 Å². The summed E-state index contributed by atoms with van der Waals surface area (Å²) in [5, 5.41) is 3.19. The largest absolute Gasteiger partial charge is 0.378 e. The van der Waals surface area contributed by atoms with Crippen LogP contribution in [-0.2, 0) is 4.74 Å². The molecule has 1 rings (SSSR count). The molecule has 3 N–H and O–H groups in total. The van der Waals surface area contributed by atoms with Gasteiger partial charge in [0.2, 0.25) is 0 Å². The molecule has 3 nitrogen and oxygen atoms in total. The molecule has 0 aromatic rings. The van der Waals surface area contributed by atoms with Crippen LogP contribution < -0.4 is 11.1 Å². The van der Waals surface area contributed by atoms with Crippen LogP contribution in [0.2, 0.25) is 0 Å². The summed E-state index contributed by atoms with van der Waals surface area (Å²) in [6, 6.07) is 0. The van der Waals surface area contributed by atoms with Gasteiger partial charge in [0.15, 0.2) is 0 Å². The normalized spacial score (nSPS) is 38.0. The van der Waals surface area contributed by atoms with E-state index < -0.39 is 0 Å². The van der Waals surface area contributed by atoms with Crippen LogP contribution in [0.4, 0.5) is 0 Å². The van der Waals surface area contributed by atoms with Crippen molar-refractivity contribution in [3.63, 3.8) is 0 Å². The highest BCUT2D eigenvalue weighted by Gasteiger charge is 2.19. The third-order valence-corrected chi connectivity index (χ3v) is 1.38. The fourth-order valence-corrected chi connectivity index (χ4v) is 0.875. The molecule has 1 fully saturated rings. The summed E-state index contributed by atoms with van der Waals surface area (Å²) < 4.78 is 5.22. The average Bonchev–Trinajstić information content (AvgIpc) is 1.92. The van der Waals surface area contributed by atoms with Crippen LogP contribution in [0.1, 0.15) is 6.92 Å². The first-order chi connectivity index (χ1) is 4.21. The van der Waals surface area contributed by atoms with Crippen molar-refractivity contribution in [3.05, 3.63) is 0 Å². The predicted molar refractivity (Wildman–Crippen MR) is 36.3 cm³/mol. The summed E-state index contributed by atoms with van der Waals surface area (Å²) in [4.78, 5) is 0. The lowest BCUT2D eigenvalue weighted by atomic mass is 10.1. The van der Waals surface area contributed by atoms with Crippen LogP contribution in [0.15, 0.2) is 0 Å². The zero-order valence-corrected chi connectivity index (χ0v) is 5.81. The first-order valence-corrected chi connectivity index (χ1v) is 3.28. The predicted octanol–water partition coefficient (Wildman–Crippen LogP) is -0.676. The van der Waals surface area contributed by atoms with Crippen LogP contribution >= 0.6 is 0 Å². The molecule has 0 aromatic carbocycles. The highest BCUT2D eigenvalue weighted by atomic mass is 16.5. The molecule has 0 spiro atoms. The molecule has 0 aliphatic carbocycles. The SMILES string of the molecule is CC1(N)CNCCOC1. The Morgan fingerprint density at radius 2 is 2.44 bits per heavy atom. The van der Waals surface area contributed by atoms with Crippen molar-refractivity contribution in [2.24, 2.45) is 5.73 Å². The molecule has 1 unspecified atom stereocenters. The van der Waals surface area contributed by atoms with E-state index in [9.17, 15) is 0 Å². The van der Waals surface area contributed by atoms with E-state index in [0.717, 1.165) is 19.7 Å². The summed E-state index contributed by atoms with van der Waals surface area (Å²) in [6.45, 7) is 5.22. The Kier molecular flexibility index (Phi) is 2.05. The van der Waals surface area contributed by atoms with Gasteiger partial charge in [0.25, 0.3) is 0 Å². The minimum Gasteiger partial charge on any atom is -0.378 e. The molecule has 54 valence electrons. The van der Waals surface area contributed by atoms with Gasteiger partial charge in [-0.25, -0.2) is 0 Å². The molecule has 1 aliphatic heterocycles. The molecular weight excluding hydrogens is 116 g/mol. The summed E-state index contributed by atoms with van der Waals surface area (Å²) in [5.74, 6) is 0. The Morgan fingerprint density at radius 1 is 1.67 bits per heavy atom. The number of ether oxygens (including phenoxy) is 1. The smallest absolute Gasteiger partial charge is 0.0656 e. The van der Waals surface area contributed by atoms with Crippen LogP contribution in [0.25, 0.3) is 0 Å². The molecule has 1 saturated heterocycles. The number of nitrogens with one attached hydrogen (secondary N) is 1. The molecule has 0 aromatic heterocycles. The summed E-state index contributed by atoms with van der Waals surface area (Å²) >= 11 is 0. The number of hydrogen-bond donors (Lipinski definition) is 2. The van der Waals surface area contributed by atoms with Crippen molar-refractivity contribution in [2.45, 2.75) is 12.5 Å². The molecular formula is C6H14N2O. The van der Waals surface area contributed by atoms with E-state index in [4.69, 9.17) is 10.5 Å². The van der Waals surface area contributed by atoms with Crippen molar-refractivity contribution >= 4 is 0 Å². The molecule has 0 radical (unpaired) electrons. The number of rotatable bonds is 0. The Morgan fingerprint density at radius 3 is 3.22 bits per heavy atom. The molecule has 1 aliphatic rings. The van der Waals surface area contributed by atoms with Crippen molar-refractivity contribution < 1.29 is 4.74 Å². The van der Waals surface area contributed by atoms with E-state index in [-0.39, 0.29) is 5.54 Å². The first kappa shape index (κ1) is 6.99. The Bertz CT molecular complexity index is 83.1. The highest BCUT2D eigenvalue weighted by Crippen LogP contribution is 1.99. The second kappa shape index (κ2) is 2.64. The fourth-order valence-electron chi connectivity index (χ4n) is 0.875. The van der Waals surface area contributed by atoms with E-state index in [0.29, 0.717) is 6.61 Å². The quantitative estimate of drug-likeness (QED) is 0.457. The van der Waals surface area contributed by atoms with Gasteiger partial charge in [-0.05, 0) is 6.92 Å². The van der Waals surface area contributed by atoms with E-state index in [1.165, 1.54) is 0 Å². The van der Waals surface area contributed by atoms with Crippen molar-refractivity contribution in [1.29, 1.82) is 0 Å². The Balaban J connectivity index is 2.36.